The van der Waals surface area contributed by atoms with Crippen LogP contribution >= 0.6 is 0 Å². The Kier molecular flexibility index (Phi) is 14.7. The fourth-order valence-corrected chi connectivity index (χ4v) is 8.19. The van der Waals surface area contributed by atoms with Gasteiger partial charge in [-0.2, -0.15) is 0 Å². The monoisotopic (exact) mass is 895 g/mol. The van der Waals surface area contributed by atoms with Gasteiger partial charge in [0.2, 0.25) is 11.6 Å². The van der Waals surface area contributed by atoms with Gasteiger partial charge in [0.1, 0.15) is 36.2 Å². The van der Waals surface area contributed by atoms with Gasteiger partial charge >= 0.3 is 6.09 Å². The predicted molar refractivity (Wildman–Crippen MR) is 234 cm³/mol. The molecule has 1 amide bonds. The van der Waals surface area contributed by atoms with Gasteiger partial charge in [-0.1, -0.05) is 86.7 Å². The van der Waals surface area contributed by atoms with E-state index in [0.717, 1.165) is 12.8 Å². The Balaban J connectivity index is 0.000000152. The molecule has 0 radical (unpaired) electrons. The van der Waals surface area contributed by atoms with Gasteiger partial charge in [-0.05, 0) is 100 Å². The highest BCUT2D eigenvalue weighted by atomic mass is 16.8. The van der Waals surface area contributed by atoms with Crippen molar-refractivity contribution in [1.82, 2.24) is 4.90 Å². The molecule has 7 heterocycles. The molecule has 7 aliphatic heterocycles. The second kappa shape index (κ2) is 18.9. The van der Waals surface area contributed by atoms with Crippen LogP contribution in [0.3, 0.4) is 0 Å². The standard InChI is InChI=1S/C17H27NO7.C12H18O6.C10H12O.C10H12/c1-14(2,3)24-13(20)18-9-17(25-15(18,4)5)12(19)11-10(8-21-17)22-16(6,7)23-11;1-10(2)15-6-12(18-10)9(13)8-7(5-14-12)16-11(3,4)17-8;1-2-9-10(11-9)8-6-4-3-5-7-8;1-2-3-7-10-8-5-4-6-9-10/h10-11H,8-9H2,1-7H3;7-8H,5-6H2,1-4H3;3-7,9-10H,2H2,1H3;3-9H,2H2,1H3/b;;;7-3+/t10-,11?,17+;7-,8?,12+;9-,10?;/m111./s1. The molecule has 2 spiro atoms. The maximum Gasteiger partial charge on any atom is 0.412 e. The third kappa shape index (κ3) is 11.9. The van der Waals surface area contributed by atoms with Crippen LogP contribution < -0.4 is 0 Å². The molecule has 7 saturated heterocycles. The van der Waals surface area contributed by atoms with Crippen molar-refractivity contribution in [2.75, 3.05) is 26.4 Å². The number of ketones is 2. The number of allylic oxidation sites excluding steroid dienone is 1. The first-order chi connectivity index (χ1) is 29.8. The molecule has 2 aromatic rings. The Labute approximate surface area is 378 Å². The van der Waals surface area contributed by atoms with Gasteiger partial charge in [-0.3, -0.25) is 14.5 Å². The summed E-state index contributed by atoms with van der Waals surface area (Å²) in [5, 5.41) is 0. The third-order valence-corrected chi connectivity index (χ3v) is 11.1. The largest absolute Gasteiger partial charge is 0.444 e. The van der Waals surface area contributed by atoms with Crippen molar-refractivity contribution in [2.45, 2.75) is 180 Å². The van der Waals surface area contributed by atoms with Gasteiger partial charge in [-0.15, -0.1) is 0 Å². The zero-order valence-corrected chi connectivity index (χ0v) is 39.8. The van der Waals surface area contributed by atoms with Gasteiger partial charge in [0.25, 0.3) is 11.6 Å². The highest BCUT2D eigenvalue weighted by Gasteiger charge is 2.65. The average Bonchev–Trinajstić information content (AvgIpc) is 3.55. The molecule has 64 heavy (non-hydrogen) atoms. The zero-order valence-electron chi connectivity index (χ0n) is 39.8. The van der Waals surface area contributed by atoms with Crippen molar-refractivity contribution < 1.29 is 66.5 Å². The highest BCUT2D eigenvalue weighted by Crippen LogP contribution is 2.45. The van der Waals surface area contributed by atoms with Crippen LogP contribution in [0.2, 0.25) is 0 Å². The van der Waals surface area contributed by atoms with E-state index in [1.54, 1.807) is 76.2 Å². The summed E-state index contributed by atoms with van der Waals surface area (Å²) in [7, 11) is 0. The number of hydrogen-bond acceptors (Lipinski definition) is 14. The molecule has 8 atom stereocenters. The van der Waals surface area contributed by atoms with Crippen molar-refractivity contribution in [3.8, 4) is 0 Å². The third-order valence-electron chi connectivity index (χ3n) is 11.1. The summed E-state index contributed by atoms with van der Waals surface area (Å²) in [5.41, 5.74) is 0.890. The Morgan fingerprint density at radius 1 is 0.703 bits per heavy atom. The number of epoxide rings is 1. The highest BCUT2D eigenvalue weighted by molar-refractivity contribution is 5.93. The molecule has 0 aromatic heterocycles. The van der Waals surface area contributed by atoms with Gasteiger partial charge in [0.15, 0.2) is 29.6 Å². The van der Waals surface area contributed by atoms with Gasteiger partial charge in [0, 0.05) is 0 Å². The van der Waals surface area contributed by atoms with E-state index in [0.29, 0.717) is 12.2 Å². The molecule has 2 aromatic carbocycles. The lowest BCUT2D eigenvalue weighted by Crippen LogP contribution is -2.59. The zero-order chi connectivity index (χ0) is 46.9. The number of ether oxygens (including phenoxy) is 11. The normalized spacial score (nSPS) is 33.6. The number of rotatable bonds is 4. The minimum absolute atomic E-state index is 0.0548. The first-order valence-corrected chi connectivity index (χ1v) is 22.4. The van der Waals surface area contributed by atoms with E-state index in [9.17, 15) is 14.4 Å². The molecule has 7 fully saturated rings. The van der Waals surface area contributed by atoms with E-state index >= 15 is 0 Å². The second-order valence-corrected chi connectivity index (χ2v) is 19.6. The van der Waals surface area contributed by atoms with Gasteiger partial charge in [0.05, 0.1) is 25.9 Å². The van der Waals surface area contributed by atoms with E-state index in [1.807, 2.05) is 12.1 Å². The topological polar surface area (TPSA) is 159 Å². The van der Waals surface area contributed by atoms with Gasteiger partial charge < -0.3 is 52.1 Å². The Morgan fingerprint density at radius 3 is 1.72 bits per heavy atom. The molecule has 9 rings (SSSR count). The first-order valence-electron chi connectivity index (χ1n) is 22.4. The van der Waals surface area contributed by atoms with E-state index in [2.05, 4.69) is 74.5 Å². The predicted octanol–water partition coefficient (Wildman–Crippen LogP) is 8.04. The summed E-state index contributed by atoms with van der Waals surface area (Å²) in [6.45, 7) is 24.0. The number of fused-ring (bicyclic) bond motifs is 2. The van der Waals surface area contributed by atoms with Crippen LogP contribution in [0.1, 0.15) is 120 Å². The summed E-state index contributed by atoms with van der Waals surface area (Å²) in [5.74, 6) is -5.98. The lowest BCUT2D eigenvalue weighted by molar-refractivity contribution is -0.263. The summed E-state index contributed by atoms with van der Waals surface area (Å²) in [4.78, 5) is 39.4. The SMILES string of the molecule is CC(C)(C)OC(=O)N1C[C@]2(OC[C@H]3OC(C)(C)OC3C2=O)OC1(C)C.CC/C=C/c1ccccc1.CC1(C)OC2C(=O)[C@@]3(COC(C)(C)O3)OC[C@H]2O1.CC[C@H]1OC1c1ccccc1. The number of hydrogen-bond donors (Lipinski definition) is 0. The molecule has 7 aliphatic rings. The summed E-state index contributed by atoms with van der Waals surface area (Å²) in [6.07, 6.45) is 4.57. The average molecular weight is 896 g/mol. The maximum absolute atomic E-state index is 13.0. The van der Waals surface area contributed by atoms with Crippen molar-refractivity contribution in [3.05, 3.63) is 77.9 Å². The summed E-state index contributed by atoms with van der Waals surface area (Å²) in [6, 6.07) is 20.7. The lowest BCUT2D eigenvalue weighted by atomic mass is 9.99. The Hall–Kier alpha value is -3.61. The molecule has 0 saturated carbocycles. The quantitative estimate of drug-likeness (QED) is 0.272. The number of nitrogens with zero attached hydrogens (tertiary/aromatic N) is 1. The fraction of sp³-hybridized carbons (Fsp3) is 0.653. The number of carbonyl (C=O) groups is 3. The van der Waals surface area contributed by atoms with Crippen molar-refractivity contribution in [2.24, 2.45) is 0 Å². The van der Waals surface area contributed by atoms with Crippen LogP contribution in [0.5, 0.6) is 0 Å². The van der Waals surface area contributed by atoms with E-state index < -0.39 is 64.7 Å². The molecule has 15 nitrogen and oxygen atoms in total. The van der Waals surface area contributed by atoms with Crippen LogP contribution in [0, 0.1) is 0 Å². The first kappa shape index (κ1) is 49.8. The summed E-state index contributed by atoms with van der Waals surface area (Å²) >= 11 is 0. The fourth-order valence-electron chi connectivity index (χ4n) is 8.19. The molecule has 0 aliphatic carbocycles. The van der Waals surface area contributed by atoms with Gasteiger partial charge in [-0.25, -0.2) is 4.79 Å². The van der Waals surface area contributed by atoms with E-state index in [-0.39, 0.29) is 44.0 Å². The van der Waals surface area contributed by atoms with Crippen LogP contribution in [0.15, 0.2) is 66.7 Å². The molecule has 0 N–H and O–H groups in total. The van der Waals surface area contributed by atoms with Crippen LogP contribution in [-0.2, 0) is 61.7 Å². The van der Waals surface area contributed by atoms with Crippen LogP contribution in [0.25, 0.3) is 6.08 Å². The number of Topliss-reactive ketones (excluding diaryl/α,β-unsaturated/α-hetero) is 2. The second-order valence-electron chi connectivity index (χ2n) is 19.6. The number of amides is 1. The minimum atomic E-state index is -1.56. The number of carbonyl (C=O) groups excluding carboxylic acids is 3. The number of benzene rings is 2. The summed E-state index contributed by atoms with van der Waals surface area (Å²) < 4.78 is 61.9. The van der Waals surface area contributed by atoms with Crippen molar-refractivity contribution in [3.63, 3.8) is 0 Å². The van der Waals surface area contributed by atoms with Crippen molar-refractivity contribution in [1.29, 1.82) is 0 Å². The molecular formula is C49H69NO14. The maximum atomic E-state index is 13.0. The molecular weight excluding hydrogens is 827 g/mol. The van der Waals surface area contributed by atoms with Crippen molar-refractivity contribution >= 4 is 23.7 Å². The van der Waals surface area contributed by atoms with Crippen LogP contribution in [0.4, 0.5) is 4.79 Å². The molecule has 15 heteroatoms. The van der Waals surface area contributed by atoms with E-state index in [1.165, 1.54) is 16.0 Å². The smallest absolute Gasteiger partial charge is 0.412 e. The Bertz CT molecular complexity index is 1960. The Morgan fingerprint density at radius 2 is 1.23 bits per heavy atom. The van der Waals surface area contributed by atoms with Crippen LogP contribution in [-0.4, -0.2) is 120 Å². The lowest BCUT2D eigenvalue weighted by Gasteiger charge is -2.35. The molecule has 3 unspecified atom stereocenters. The van der Waals surface area contributed by atoms with E-state index in [4.69, 9.17) is 52.1 Å². The minimum Gasteiger partial charge on any atom is -0.444 e. The molecule has 354 valence electrons. The molecule has 0 bridgehead atoms.